The molecule has 3 rings (SSSR count). The Kier molecular flexibility index (Phi) is 5.36. The first-order chi connectivity index (χ1) is 12.1. The number of carbonyl (C=O) groups is 2. The van der Waals surface area contributed by atoms with E-state index >= 15 is 0 Å². The van der Waals surface area contributed by atoms with Crippen molar-refractivity contribution in [3.05, 3.63) is 64.0 Å². The van der Waals surface area contributed by atoms with Crippen molar-refractivity contribution in [3.8, 4) is 5.75 Å². The van der Waals surface area contributed by atoms with Gasteiger partial charge >= 0.3 is 11.9 Å². The molecule has 1 aromatic heterocycles. The number of hydrogen-bond acceptors (Lipinski definition) is 5. The van der Waals surface area contributed by atoms with E-state index in [0.717, 1.165) is 16.5 Å². The van der Waals surface area contributed by atoms with Crippen LogP contribution in [-0.4, -0.2) is 18.5 Å². The van der Waals surface area contributed by atoms with E-state index in [1.165, 1.54) is 17.4 Å². The van der Waals surface area contributed by atoms with Gasteiger partial charge in [-0.3, -0.25) is 0 Å². The lowest BCUT2D eigenvalue weighted by Crippen LogP contribution is -2.09. The maximum absolute atomic E-state index is 12.4. The van der Waals surface area contributed by atoms with Gasteiger partial charge in [0.1, 0.15) is 10.6 Å². The number of ether oxygens (including phenoxy) is 2. The summed E-state index contributed by atoms with van der Waals surface area (Å²) in [5.74, 6) is -0.727. The molecule has 2 aromatic carbocycles. The van der Waals surface area contributed by atoms with E-state index in [1.807, 2.05) is 31.2 Å². The Morgan fingerprint density at radius 3 is 2.64 bits per heavy atom. The molecule has 0 aliphatic heterocycles. The molecule has 6 heteroatoms. The summed E-state index contributed by atoms with van der Waals surface area (Å²) in [6.07, 6.45) is 0.741. The number of carbonyl (C=O) groups excluding carboxylic acids is 2. The van der Waals surface area contributed by atoms with Gasteiger partial charge in [-0.25, -0.2) is 9.59 Å². The van der Waals surface area contributed by atoms with Crippen molar-refractivity contribution in [2.24, 2.45) is 0 Å². The van der Waals surface area contributed by atoms with Crippen LogP contribution in [0.2, 0.25) is 5.02 Å². The van der Waals surface area contributed by atoms with Crippen LogP contribution in [0.25, 0.3) is 10.1 Å². The minimum atomic E-state index is -0.551. The van der Waals surface area contributed by atoms with Gasteiger partial charge in [0.05, 0.1) is 17.2 Å². The smallest absolute Gasteiger partial charge is 0.355 e. The molecule has 0 aliphatic rings. The van der Waals surface area contributed by atoms with Crippen molar-refractivity contribution in [3.63, 3.8) is 0 Å². The minimum Gasteiger partial charge on any atom is -0.462 e. The van der Waals surface area contributed by atoms with Crippen LogP contribution in [0.4, 0.5) is 0 Å². The highest BCUT2D eigenvalue weighted by molar-refractivity contribution is 7.21. The topological polar surface area (TPSA) is 52.6 Å². The molecule has 0 bridgehead atoms. The Morgan fingerprint density at radius 1 is 1.08 bits per heavy atom. The highest BCUT2D eigenvalue weighted by Crippen LogP contribution is 2.35. The van der Waals surface area contributed by atoms with Crippen molar-refractivity contribution in [1.29, 1.82) is 0 Å². The largest absolute Gasteiger partial charge is 0.462 e. The van der Waals surface area contributed by atoms with E-state index in [1.54, 1.807) is 18.2 Å². The first kappa shape index (κ1) is 17.5. The lowest BCUT2D eigenvalue weighted by molar-refractivity contribution is 0.0503. The van der Waals surface area contributed by atoms with Crippen molar-refractivity contribution in [1.82, 2.24) is 0 Å². The maximum atomic E-state index is 12.4. The summed E-state index contributed by atoms with van der Waals surface area (Å²) in [4.78, 5) is 24.7. The molecule has 0 atom stereocenters. The predicted molar refractivity (Wildman–Crippen MR) is 98.8 cm³/mol. The molecule has 128 valence electrons. The lowest BCUT2D eigenvalue weighted by atomic mass is 10.2. The molecular formula is C19H15ClO4S. The Labute approximate surface area is 153 Å². The van der Waals surface area contributed by atoms with E-state index in [-0.39, 0.29) is 5.75 Å². The predicted octanol–water partition coefficient (Wildman–Crippen LogP) is 5.34. The number of thiophene rings is 1. The third kappa shape index (κ3) is 3.83. The summed E-state index contributed by atoms with van der Waals surface area (Å²) in [7, 11) is 0. The summed E-state index contributed by atoms with van der Waals surface area (Å²) in [6, 6.07) is 13.8. The van der Waals surface area contributed by atoms with E-state index in [0.29, 0.717) is 22.1 Å². The molecule has 0 saturated carbocycles. The summed E-state index contributed by atoms with van der Waals surface area (Å²) in [5.41, 5.74) is 0.334. The number of halogens is 1. The molecule has 1 heterocycles. The molecular weight excluding hydrogens is 360 g/mol. The van der Waals surface area contributed by atoms with Crippen molar-refractivity contribution < 1.29 is 19.1 Å². The molecule has 0 fully saturated rings. The SMILES string of the molecule is CCCOC(=O)c1cccc(OC(=O)c2sc3ccccc3c2Cl)c1. The molecule has 0 amide bonds. The maximum Gasteiger partial charge on any atom is 0.355 e. The van der Waals surface area contributed by atoms with Crippen LogP contribution in [0.3, 0.4) is 0 Å². The number of rotatable bonds is 5. The molecule has 0 aliphatic carbocycles. The van der Waals surface area contributed by atoms with Crippen LogP contribution in [0.5, 0.6) is 5.75 Å². The quantitative estimate of drug-likeness (QED) is 0.446. The fourth-order valence-corrected chi connectivity index (χ4v) is 3.65. The highest BCUT2D eigenvalue weighted by Gasteiger charge is 2.19. The van der Waals surface area contributed by atoms with Crippen LogP contribution in [0, 0.1) is 0 Å². The molecule has 0 N–H and O–H groups in total. The second-order valence-electron chi connectivity index (χ2n) is 5.29. The van der Waals surface area contributed by atoms with E-state index in [4.69, 9.17) is 21.1 Å². The van der Waals surface area contributed by atoms with Gasteiger partial charge in [0.15, 0.2) is 0 Å². The zero-order valence-corrected chi connectivity index (χ0v) is 15.0. The van der Waals surface area contributed by atoms with Crippen LogP contribution >= 0.6 is 22.9 Å². The second kappa shape index (κ2) is 7.68. The zero-order valence-electron chi connectivity index (χ0n) is 13.5. The zero-order chi connectivity index (χ0) is 17.8. The standard InChI is InChI=1S/C19H15ClO4S/c1-2-10-23-18(21)12-6-5-7-13(11-12)24-19(22)17-16(20)14-8-3-4-9-15(14)25-17/h3-9,11H,2,10H2,1H3. The normalized spacial score (nSPS) is 10.6. The monoisotopic (exact) mass is 374 g/mol. The van der Waals surface area contributed by atoms with E-state index in [9.17, 15) is 9.59 Å². The molecule has 0 radical (unpaired) electrons. The van der Waals surface area contributed by atoms with Crippen LogP contribution < -0.4 is 4.74 Å². The molecule has 3 aromatic rings. The lowest BCUT2D eigenvalue weighted by Gasteiger charge is -2.06. The Hall–Kier alpha value is -2.37. The Bertz CT molecular complexity index is 932. The fraction of sp³-hybridized carbons (Fsp3) is 0.158. The summed E-state index contributed by atoms with van der Waals surface area (Å²) in [5, 5.41) is 1.20. The minimum absolute atomic E-state index is 0.268. The number of benzene rings is 2. The molecule has 25 heavy (non-hydrogen) atoms. The van der Waals surface area contributed by atoms with Gasteiger partial charge in [0.2, 0.25) is 0 Å². The molecule has 0 spiro atoms. The summed E-state index contributed by atoms with van der Waals surface area (Å²) >= 11 is 7.57. The van der Waals surface area contributed by atoms with Gasteiger partial charge in [-0.2, -0.15) is 0 Å². The third-order valence-electron chi connectivity index (χ3n) is 3.44. The second-order valence-corrected chi connectivity index (χ2v) is 6.72. The van der Waals surface area contributed by atoms with Crippen LogP contribution in [0.15, 0.2) is 48.5 Å². The van der Waals surface area contributed by atoms with Gasteiger partial charge in [-0.15, -0.1) is 11.3 Å². The van der Waals surface area contributed by atoms with Crippen molar-refractivity contribution >= 4 is 45.0 Å². The van der Waals surface area contributed by atoms with Crippen LogP contribution in [0.1, 0.15) is 33.4 Å². The van der Waals surface area contributed by atoms with Crippen molar-refractivity contribution in [2.45, 2.75) is 13.3 Å². The highest BCUT2D eigenvalue weighted by atomic mass is 35.5. The molecule has 0 saturated heterocycles. The number of fused-ring (bicyclic) bond motifs is 1. The van der Waals surface area contributed by atoms with E-state index < -0.39 is 11.9 Å². The van der Waals surface area contributed by atoms with Gasteiger partial charge in [0, 0.05) is 10.1 Å². The molecule has 4 nitrogen and oxygen atoms in total. The van der Waals surface area contributed by atoms with Gasteiger partial charge in [0.25, 0.3) is 0 Å². The average molecular weight is 375 g/mol. The molecule has 0 unspecified atom stereocenters. The van der Waals surface area contributed by atoms with E-state index in [2.05, 4.69) is 0 Å². The summed E-state index contributed by atoms with van der Waals surface area (Å²) < 4.78 is 11.4. The van der Waals surface area contributed by atoms with Gasteiger partial charge in [-0.1, -0.05) is 42.8 Å². The van der Waals surface area contributed by atoms with Crippen molar-refractivity contribution in [2.75, 3.05) is 6.61 Å². The first-order valence-corrected chi connectivity index (χ1v) is 8.96. The Morgan fingerprint density at radius 2 is 1.88 bits per heavy atom. The van der Waals surface area contributed by atoms with Gasteiger partial charge < -0.3 is 9.47 Å². The average Bonchev–Trinajstić information content (AvgIpc) is 2.97. The fourth-order valence-electron chi connectivity index (χ4n) is 2.26. The first-order valence-electron chi connectivity index (χ1n) is 7.76. The van der Waals surface area contributed by atoms with Crippen LogP contribution in [-0.2, 0) is 4.74 Å². The Balaban J connectivity index is 1.80. The third-order valence-corrected chi connectivity index (χ3v) is 5.09. The number of hydrogen-bond donors (Lipinski definition) is 0. The summed E-state index contributed by atoms with van der Waals surface area (Å²) in [6.45, 7) is 2.26. The van der Waals surface area contributed by atoms with Gasteiger partial charge in [-0.05, 0) is 30.7 Å². The number of esters is 2.